The molecule has 2 aliphatic heterocycles. The minimum atomic E-state index is 0. The molecule has 2 aliphatic rings. The van der Waals surface area contributed by atoms with Gasteiger partial charge in [0.1, 0.15) is 5.75 Å². The highest BCUT2D eigenvalue weighted by atomic mass is 35.5. The zero-order valence-electron chi connectivity index (χ0n) is 15.5. The molecular weight excluding hydrogens is 350 g/mol. The summed E-state index contributed by atoms with van der Waals surface area (Å²) in [5.74, 6) is 3.59. The third-order valence-corrected chi connectivity index (χ3v) is 5.50. The Labute approximate surface area is 161 Å². The van der Waals surface area contributed by atoms with E-state index < -0.39 is 0 Å². The van der Waals surface area contributed by atoms with Gasteiger partial charge in [-0.25, -0.2) is 0 Å². The highest BCUT2D eigenvalue weighted by Crippen LogP contribution is 2.49. The minimum absolute atomic E-state index is 0. The summed E-state index contributed by atoms with van der Waals surface area (Å²) in [6.45, 7) is 5.88. The smallest absolute Gasteiger partial charge is 0.167 e. The second-order valence-corrected chi connectivity index (χ2v) is 7.01. The summed E-state index contributed by atoms with van der Waals surface area (Å²) >= 11 is 0. The van der Waals surface area contributed by atoms with Crippen molar-refractivity contribution in [2.45, 2.75) is 19.4 Å². The number of nitrogens with zero attached hydrogens (tertiary/aromatic N) is 1. The molecule has 0 N–H and O–H groups in total. The first-order valence-corrected chi connectivity index (χ1v) is 8.85. The van der Waals surface area contributed by atoms with Gasteiger partial charge in [-0.15, -0.1) is 12.4 Å². The van der Waals surface area contributed by atoms with Crippen molar-refractivity contribution in [1.29, 1.82) is 0 Å². The summed E-state index contributed by atoms with van der Waals surface area (Å²) < 4.78 is 17.3. The molecule has 0 spiro atoms. The molecule has 2 atom stereocenters. The van der Waals surface area contributed by atoms with Crippen molar-refractivity contribution >= 4 is 12.4 Å². The maximum Gasteiger partial charge on any atom is 0.167 e. The molecule has 0 bridgehead atoms. The molecule has 2 unspecified atom stereocenters. The van der Waals surface area contributed by atoms with E-state index in [1.165, 1.54) is 11.1 Å². The number of halogens is 1. The molecule has 2 aromatic carbocycles. The van der Waals surface area contributed by atoms with Gasteiger partial charge in [0.25, 0.3) is 0 Å². The van der Waals surface area contributed by atoms with E-state index >= 15 is 0 Å². The fourth-order valence-electron chi connectivity index (χ4n) is 4.25. The summed E-state index contributed by atoms with van der Waals surface area (Å²) in [7, 11) is 3.42. The lowest BCUT2D eigenvalue weighted by molar-refractivity contribution is 0.202. The standard InChI is InChI=1S/C21H25NO3.ClH/c1-14-19(23-2)9-17-18-12-22(10-15-7-5-4-6-8-15)11-16(18)13-25-21(17)20(14)24-3;/h4-9,16,18H,10-13H2,1-3H3;1H. The highest BCUT2D eigenvalue weighted by molar-refractivity contribution is 5.85. The van der Waals surface area contributed by atoms with E-state index in [1.54, 1.807) is 14.2 Å². The van der Waals surface area contributed by atoms with Crippen LogP contribution in [0.3, 0.4) is 0 Å². The number of ether oxygens (including phenoxy) is 3. The topological polar surface area (TPSA) is 30.9 Å². The largest absolute Gasteiger partial charge is 0.496 e. The van der Waals surface area contributed by atoms with E-state index in [-0.39, 0.29) is 12.4 Å². The van der Waals surface area contributed by atoms with Crippen molar-refractivity contribution in [3.05, 3.63) is 53.1 Å². The van der Waals surface area contributed by atoms with Crippen LogP contribution in [0.4, 0.5) is 0 Å². The zero-order valence-corrected chi connectivity index (χ0v) is 16.3. The van der Waals surface area contributed by atoms with Gasteiger partial charge >= 0.3 is 0 Å². The molecule has 2 heterocycles. The number of fused-ring (bicyclic) bond motifs is 3. The Morgan fingerprint density at radius 3 is 2.58 bits per heavy atom. The van der Waals surface area contributed by atoms with Crippen LogP contribution in [0.5, 0.6) is 17.2 Å². The molecule has 5 heteroatoms. The molecule has 2 aromatic rings. The molecule has 0 amide bonds. The van der Waals surface area contributed by atoms with Gasteiger partial charge in [0.15, 0.2) is 11.5 Å². The molecule has 4 rings (SSSR count). The first-order valence-electron chi connectivity index (χ1n) is 8.85. The van der Waals surface area contributed by atoms with Gasteiger partial charge in [0.2, 0.25) is 0 Å². The van der Waals surface area contributed by atoms with Crippen LogP contribution < -0.4 is 14.2 Å². The normalized spacial score (nSPS) is 21.2. The predicted molar refractivity (Wildman–Crippen MR) is 105 cm³/mol. The van der Waals surface area contributed by atoms with E-state index in [4.69, 9.17) is 14.2 Å². The van der Waals surface area contributed by atoms with Gasteiger partial charge in [-0.05, 0) is 18.6 Å². The van der Waals surface area contributed by atoms with Crippen LogP contribution in [-0.4, -0.2) is 38.8 Å². The first-order chi connectivity index (χ1) is 12.2. The van der Waals surface area contributed by atoms with Crippen molar-refractivity contribution in [2.24, 2.45) is 5.92 Å². The monoisotopic (exact) mass is 375 g/mol. The molecular formula is C21H26ClNO3. The van der Waals surface area contributed by atoms with Crippen molar-refractivity contribution < 1.29 is 14.2 Å². The number of rotatable bonds is 4. The van der Waals surface area contributed by atoms with E-state index in [0.717, 1.165) is 49.1 Å². The number of methoxy groups -OCH3 is 2. The van der Waals surface area contributed by atoms with Gasteiger partial charge in [-0.1, -0.05) is 30.3 Å². The molecule has 1 saturated heterocycles. The quantitative estimate of drug-likeness (QED) is 0.806. The van der Waals surface area contributed by atoms with Crippen molar-refractivity contribution in [3.63, 3.8) is 0 Å². The van der Waals surface area contributed by atoms with Crippen LogP contribution in [-0.2, 0) is 6.54 Å². The van der Waals surface area contributed by atoms with Crippen LogP contribution in [0, 0.1) is 12.8 Å². The zero-order chi connectivity index (χ0) is 17.4. The van der Waals surface area contributed by atoms with Gasteiger partial charge in [-0.2, -0.15) is 0 Å². The number of hydrogen-bond donors (Lipinski definition) is 0. The lowest BCUT2D eigenvalue weighted by atomic mass is 9.86. The first kappa shape index (κ1) is 18.9. The number of hydrogen-bond acceptors (Lipinski definition) is 4. The fourth-order valence-corrected chi connectivity index (χ4v) is 4.25. The van der Waals surface area contributed by atoms with Crippen molar-refractivity contribution in [2.75, 3.05) is 33.9 Å². The molecule has 26 heavy (non-hydrogen) atoms. The van der Waals surface area contributed by atoms with E-state index in [0.29, 0.717) is 11.8 Å². The Morgan fingerprint density at radius 2 is 1.88 bits per heavy atom. The highest BCUT2D eigenvalue weighted by Gasteiger charge is 2.40. The molecule has 4 nitrogen and oxygen atoms in total. The van der Waals surface area contributed by atoms with Gasteiger partial charge in [-0.3, -0.25) is 4.90 Å². The molecule has 0 aromatic heterocycles. The van der Waals surface area contributed by atoms with Gasteiger partial charge in [0, 0.05) is 42.6 Å². The fraction of sp³-hybridized carbons (Fsp3) is 0.429. The summed E-state index contributed by atoms with van der Waals surface area (Å²) in [5.41, 5.74) is 3.59. The summed E-state index contributed by atoms with van der Waals surface area (Å²) in [4.78, 5) is 2.53. The Kier molecular flexibility index (Phi) is 5.64. The minimum Gasteiger partial charge on any atom is -0.496 e. The number of benzene rings is 2. The lowest BCUT2D eigenvalue weighted by Crippen LogP contribution is -2.25. The lowest BCUT2D eigenvalue weighted by Gasteiger charge is -2.30. The van der Waals surface area contributed by atoms with Crippen molar-refractivity contribution in [3.8, 4) is 17.2 Å². The summed E-state index contributed by atoms with van der Waals surface area (Å²) in [5, 5.41) is 0. The average molecular weight is 376 g/mol. The van der Waals surface area contributed by atoms with E-state index in [2.05, 4.69) is 41.3 Å². The van der Waals surface area contributed by atoms with Gasteiger partial charge in [0.05, 0.1) is 20.8 Å². The van der Waals surface area contributed by atoms with Crippen LogP contribution in [0.15, 0.2) is 36.4 Å². The Morgan fingerprint density at radius 1 is 1.12 bits per heavy atom. The molecule has 1 fully saturated rings. The van der Waals surface area contributed by atoms with E-state index in [1.807, 2.05) is 6.92 Å². The summed E-state index contributed by atoms with van der Waals surface area (Å²) in [6.07, 6.45) is 0. The number of likely N-dealkylation sites (tertiary alicyclic amines) is 1. The third-order valence-electron chi connectivity index (χ3n) is 5.50. The molecule has 0 aliphatic carbocycles. The Bertz CT molecular complexity index is 766. The van der Waals surface area contributed by atoms with Crippen LogP contribution in [0.25, 0.3) is 0 Å². The average Bonchev–Trinajstić information content (AvgIpc) is 3.04. The van der Waals surface area contributed by atoms with Crippen molar-refractivity contribution in [1.82, 2.24) is 4.90 Å². The molecule has 0 radical (unpaired) electrons. The van der Waals surface area contributed by atoms with Crippen LogP contribution >= 0.6 is 12.4 Å². The van der Waals surface area contributed by atoms with Crippen LogP contribution in [0.2, 0.25) is 0 Å². The molecule has 0 saturated carbocycles. The van der Waals surface area contributed by atoms with E-state index in [9.17, 15) is 0 Å². The predicted octanol–water partition coefficient (Wildman–Crippen LogP) is 4.04. The van der Waals surface area contributed by atoms with Gasteiger partial charge < -0.3 is 14.2 Å². The van der Waals surface area contributed by atoms with Crippen LogP contribution in [0.1, 0.15) is 22.6 Å². The third kappa shape index (κ3) is 3.24. The molecule has 140 valence electrons. The maximum atomic E-state index is 6.13. The second-order valence-electron chi connectivity index (χ2n) is 7.01. The Hall–Kier alpha value is -1.91. The maximum absolute atomic E-state index is 6.13. The Balaban J connectivity index is 0.00000196. The summed E-state index contributed by atoms with van der Waals surface area (Å²) in [6, 6.07) is 12.8. The second kappa shape index (κ2) is 7.77. The SMILES string of the molecule is COc1cc2c(c(OC)c1C)OCC1CN(Cc3ccccc3)CC21.Cl.